The lowest BCUT2D eigenvalue weighted by Crippen LogP contribution is -2.06. The van der Waals surface area contributed by atoms with Gasteiger partial charge in [-0.2, -0.15) is 0 Å². The van der Waals surface area contributed by atoms with Gasteiger partial charge in [0.1, 0.15) is 17.3 Å². The van der Waals surface area contributed by atoms with Gasteiger partial charge in [0.05, 0.1) is 14.2 Å². The van der Waals surface area contributed by atoms with Crippen LogP contribution in [0.25, 0.3) is 0 Å². The highest BCUT2D eigenvalue weighted by Gasteiger charge is 2.11. The lowest BCUT2D eigenvalue weighted by Gasteiger charge is -2.12. The zero-order valence-corrected chi connectivity index (χ0v) is 14.0. The summed E-state index contributed by atoms with van der Waals surface area (Å²) in [6.07, 6.45) is 1.92. The quantitative estimate of drug-likeness (QED) is 0.725. The van der Waals surface area contributed by atoms with Gasteiger partial charge in [-0.25, -0.2) is 0 Å². The Kier molecular flexibility index (Phi) is 6.21. The van der Waals surface area contributed by atoms with Gasteiger partial charge in [-0.15, -0.1) is 0 Å². The molecule has 3 heteroatoms. The molecule has 23 heavy (non-hydrogen) atoms. The van der Waals surface area contributed by atoms with Crippen LogP contribution in [0.2, 0.25) is 0 Å². The van der Waals surface area contributed by atoms with E-state index in [9.17, 15) is 4.79 Å². The van der Waals surface area contributed by atoms with E-state index in [0.717, 1.165) is 23.5 Å². The maximum atomic E-state index is 12.2. The van der Waals surface area contributed by atoms with E-state index in [4.69, 9.17) is 9.47 Å². The van der Waals surface area contributed by atoms with Crippen LogP contribution in [0.3, 0.4) is 0 Å². The maximum Gasteiger partial charge on any atom is 0.133 e. The molecule has 0 N–H and O–H groups in total. The Hall–Kier alpha value is -2.29. The maximum absolute atomic E-state index is 12.2. The first-order chi connectivity index (χ1) is 11.1. The molecule has 3 nitrogen and oxygen atoms in total. The Labute approximate surface area is 138 Å². The zero-order chi connectivity index (χ0) is 16.7. The molecule has 0 fully saturated rings. The summed E-state index contributed by atoms with van der Waals surface area (Å²) in [6, 6.07) is 15.8. The second kappa shape index (κ2) is 8.37. The summed E-state index contributed by atoms with van der Waals surface area (Å²) in [5.41, 5.74) is 2.33. The minimum atomic E-state index is 0.226. The van der Waals surface area contributed by atoms with Crippen molar-refractivity contribution < 1.29 is 14.3 Å². The van der Waals surface area contributed by atoms with Crippen LogP contribution in [-0.2, 0) is 11.2 Å². The standard InChI is InChI=1S/C20H24O3/c1-15(17-7-12-20(23-3)13-8-17)14-18(21)9-4-16-5-10-19(22-2)11-6-16/h5-8,10-13,15H,4,9,14H2,1-3H3. The van der Waals surface area contributed by atoms with Gasteiger partial charge in [0.25, 0.3) is 0 Å². The number of Topliss-reactive ketones (excluding diaryl/α,β-unsaturated/α-hetero) is 1. The van der Waals surface area contributed by atoms with E-state index in [1.165, 1.54) is 5.56 Å². The van der Waals surface area contributed by atoms with Gasteiger partial charge in [-0.3, -0.25) is 4.79 Å². The number of hydrogen-bond donors (Lipinski definition) is 0. The third-order valence-corrected chi connectivity index (χ3v) is 4.07. The van der Waals surface area contributed by atoms with Crippen LogP contribution < -0.4 is 9.47 Å². The highest BCUT2D eigenvalue weighted by molar-refractivity contribution is 5.79. The Balaban J connectivity index is 1.83. The molecule has 0 heterocycles. The molecule has 0 radical (unpaired) electrons. The second-order valence-corrected chi connectivity index (χ2v) is 5.77. The van der Waals surface area contributed by atoms with Gasteiger partial charge in [-0.1, -0.05) is 31.2 Å². The number of ether oxygens (including phenoxy) is 2. The molecule has 2 aromatic rings. The van der Waals surface area contributed by atoms with Gasteiger partial charge in [-0.05, 0) is 47.7 Å². The number of benzene rings is 2. The van der Waals surface area contributed by atoms with E-state index in [1.54, 1.807) is 14.2 Å². The summed E-state index contributed by atoms with van der Waals surface area (Å²) < 4.78 is 10.3. The van der Waals surface area contributed by atoms with E-state index in [1.807, 2.05) is 48.5 Å². The Morgan fingerprint density at radius 2 is 1.43 bits per heavy atom. The summed E-state index contributed by atoms with van der Waals surface area (Å²) in [5.74, 6) is 2.20. The van der Waals surface area contributed by atoms with Gasteiger partial charge in [0.2, 0.25) is 0 Å². The number of aryl methyl sites for hydroxylation is 1. The van der Waals surface area contributed by atoms with Crippen molar-refractivity contribution in [2.24, 2.45) is 0 Å². The largest absolute Gasteiger partial charge is 0.497 e. The predicted molar refractivity (Wildman–Crippen MR) is 92.3 cm³/mol. The SMILES string of the molecule is COc1ccc(CCC(=O)CC(C)c2ccc(OC)cc2)cc1. The number of hydrogen-bond acceptors (Lipinski definition) is 3. The normalized spacial score (nSPS) is 11.8. The van der Waals surface area contributed by atoms with Crippen LogP contribution in [0.4, 0.5) is 0 Å². The Morgan fingerprint density at radius 3 is 1.96 bits per heavy atom. The summed E-state index contributed by atoms with van der Waals surface area (Å²) >= 11 is 0. The molecule has 0 saturated heterocycles. The Morgan fingerprint density at radius 1 is 0.913 bits per heavy atom. The molecule has 2 rings (SSSR count). The van der Waals surface area contributed by atoms with Crippen molar-refractivity contribution in [1.82, 2.24) is 0 Å². The average molecular weight is 312 g/mol. The van der Waals surface area contributed by atoms with Crippen LogP contribution >= 0.6 is 0 Å². The molecule has 122 valence electrons. The van der Waals surface area contributed by atoms with Crippen LogP contribution in [0, 0.1) is 0 Å². The first-order valence-corrected chi connectivity index (χ1v) is 7.91. The van der Waals surface area contributed by atoms with Crippen molar-refractivity contribution in [3.63, 3.8) is 0 Å². The third-order valence-electron chi connectivity index (χ3n) is 4.07. The molecule has 0 bridgehead atoms. The molecule has 2 aromatic carbocycles. The number of ketones is 1. The highest BCUT2D eigenvalue weighted by atomic mass is 16.5. The second-order valence-electron chi connectivity index (χ2n) is 5.77. The van der Waals surface area contributed by atoms with E-state index in [-0.39, 0.29) is 5.92 Å². The van der Waals surface area contributed by atoms with Gasteiger partial charge in [0, 0.05) is 12.8 Å². The monoisotopic (exact) mass is 312 g/mol. The molecule has 1 atom stereocenters. The van der Waals surface area contributed by atoms with Gasteiger partial charge >= 0.3 is 0 Å². The summed E-state index contributed by atoms with van der Waals surface area (Å²) in [4.78, 5) is 12.2. The van der Waals surface area contributed by atoms with Crippen molar-refractivity contribution in [3.8, 4) is 11.5 Å². The van der Waals surface area contributed by atoms with E-state index in [0.29, 0.717) is 18.6 Å². The van der Waals surface area contributed by atoms with Gasteiger partial charge < -0.3 is 9.47 Å². The van der Waals surface area contributed by atoms with Crippen LogP contribution in [0.5, 0.6) is 11.5 Å². The predicted octanol–water partition coefficient (Wildman–Crippen LogP) is 4.40. The average Bonchev–Trinajstić information content (AvgIpc) is 2.60. The summed E-state index contributed by atoms with van der Waals surface area (Å²) in [5, 5.41) is 0. The molecular formula is C20H24O3. The fraction of sp³-hybridized carbons (Fsp3) is 0.350. The van der Waals surface area contributed by atoms with Crippen molar-refractivity contribution in [1.29, 1.82) is 0 Å². The van der Waals surface area contributed by atoms with Crippen molar-refractivity contribution >= 4 is 5.78 Å². The fourth-order valence-corrected chi connectivity index (χ4v) is 2.57. The van der Waals surface area contributed by atoms with Crippen LogP contribution in [0.1, 0.15) is 36.8 Å². The van der Waals surface area contributed by atoms with Gasteiger partial charge in [0.15, 0.2) is 0 Å². The van der Waals surface area contributed by atoms with Crippen LogP contribution in [-0.4, -0.2) is 20.0 Å². The van der Waals surface area contributed by atoms with Crippen molar-refractivity contribution in [2.75, 3.05) is 14.2 Å². The molecular weight excluding hydrogens is 288 g/mol. The molecule has 0 aromatic heterocycles. The van der Waals surface area contributed by atoms with E-state index in [2.05, 4.69) is 6.92 Å². The molecule has 0 aliphatic rings. The van der Waals surface area contributed by atoms with E-state index < -0.39 is 0 Å². The first-order valence-electron chi connectivity index (χ1n) is 7.91. The van der Waals surface area contributed by atoms with Crippen LogP contribution in [0.15, 0.2) is 48.5 Å². The topological polar surface area (TPSA) is 35.5 Å². The summed E-state index contributed by atoms with van der Waals surface area (Å²) in [6.45, 7) is 2.09. The number of carbonyl (C=O) groups excluding carboxylic acids is 1. The number of rotatable bonds is 8. The molecule has 0 aliphatic carbocycles. The first kappa shape index (κ1) is 17.1. The third kappa shape index (κ3) is 5.13. The lowest BCUT2D eigenvalue weighted by molar-refractivity contribution is -0.119. The fourth-order valence-electron chi connectivity index (χ4n) is 2.57. The zero-order valence-electron chi connectivity index (χ0n) is 14.0. The van der Waals surface area contributed by atoms with E-state index >= 15 is 0 Å². The summed E-state index contributed by atoms with van der Waals surface area (Å²) in [7, 11) is 3.31. The molecule has 0 amide bonds. The molecule has 0 spiro atoms. The lowest BCUT2D eigenvalue weighted by atomic mass is 9.93. The molecule has 0 saturated carbocycles. The number of carbonyl (C=O) groups is 1. The Bertz CT molecular complexity index is 614. The number of methoxy groups -OCH3 is 2. The molecule has 1 unspecified atom stereocenters. The van der Waals surface area contributed by atoms with Crippen molar-refractivity contribution in [3.05, 3.63) is 59.7 Å². The van der Waals surface area contributed by atoms with Crippen molar-refractivity contribution in [2.45, 2.75) is 32.1 Å². The minimum Gasteiger partial charge on any atom is -0.497 e. The minimum absolute atomic E-state index is 0.226. The smallest absolute Gasteiger partial charge is 0.133 e. The highest BCUT2D eigenvalue weighted by Crippen LogP contribution is 2.23. The molecule has 0 aliphatic heterocycles.